The van der Waals surface area contributed by atoms with Crippen LogP contribution in [0.15, 0.2) is 22.7 Å². The summed E-state index contributed by atoms with van der Waals surface area (Å²) in [5.41, 5.74) is 1.28. The fourth-order valence-corrected chi connectivity index (χ4v) is 2.82. The van der Waals surface area contributed by atoms with Crippen LogP contribution in [0.4, 0.5) is 0 Å². The number of methoxy groups -OCH3 is 1. The van der Waals surface area contributed by atoms with Gasteiger partial charge in [0.15, 0.2) is 0 Å². The van der Waals surface area contributed by atoms with E-state index in [0.29, 0.717) is 12.7 Å². The molecule has 3 nitrogen and oxygen atoms in total. The van der Waals surface area contributed by atoms with Gasteiger partial charge in [-0.2, -0.15) is 0 Å². The minimum absolute atomic E-state index is 0.388. The van der Waals surface area contributed by atoms with E-state index in [2.05, 4.69) is 33.0 Å². The molecule has 1 saturated heterocycles. The number of benzene rings is 1. The van der Waals surface area contributed by atoms with Crippen molar-refractivity contribution in [3.05, 3.63) is 28.2 Å². The number of ether oxygens (including phenoxy) is 2. The predicted octanol–water partition coefficient (Wildman–Crippen LogP) is 3.07. The van der Waals surface area contributed by atoms with E-state index in [1.807, 2.05) is 13.0 Å². The summed E-state index contributed by atoms with van der Waals surface area (Å²) in [6.45, 7) is 5.76. The Morgan fingerprint density at radius 2 is 2.28 bits per heavy atom. The van der Waals surface area contributed by atoms with Crippen molar-refractivity contribution in [2.45, 2.75) is 26.0 Å². The largest absolute Gasteiger partial charge is 0.493 e. The fourth-order valence-electron chi connectivity index (χ4n) is 2.32. The highest BCUT2D eigenvalue weighted by Gasteiger charge is 2.22. The zero-order chi connectivity index (χ0) is 13.0. The summed E-state index contributed by atoms with van der Waals surface area (Å²) in [5.74, 6) is 0.928. The molecule has 1 aromatic rings. The van der Waals surface area contributed by atoms with Gasteiger partial charge in [-0.15, -0.1) is 0 Å². The summed E-state index contributed by atoms with van der Waals surface area (Å²) in [7, 11) is 1.79. The Morgan fingerprint density at radius 3 is 2.94 bits per heavy atom. The summed E-state index contributed by atoms with van der Waals surface area (Å²) in [6.07, 6.45) is 1.51. The summed E-state index contributed by atoms with van der Waals surface area (Å²) in [4.78, 5) is 2.42. The molecule has 0 saturated carbocycles. The molecule has 1 aliphatic heterocycles. The topological polar surface area (TPSA) is 21.7 Å². The maximum atomic E-state index is 5.59. The third-order valence-electron chi connectivity index (χ3n) is 3.30. The van der Waals surface area contributed by atoms with Crippen molar-refractivity contribution in [1.29, 1.82) is 0 Å². The average molecular weight is 314 g/mol. The van der Waals surface area contributed by atoms with E-state index in [1.54, 1.807) is 7.11 Å². The van der Waals surface area contributed by atoms with E-state index >= 15 is 0 Å². The lowest BCUT2D eigenvalue weighted by Gasteiger charge is -2.17. The number of rotatable bonds is 5. The van der Waals surface area contributed by atoms with E-state index in [9.17, 15) is 0 Å². The molecule has 0 amide bonds. The smallest absolute Gasteiger partial charge is 0.133 e. The molecular weight excluding hydrogens is 294 g/mol. The van der Waals surface area contributed by atoms with Crippen LogP contribution in [-0.4, -0.2) is 37.8 Å². The summed E-state index contributed by atoms with van der Waals surface area (Å²) >= 11 is 3.64. The van der Waals surface area contributed by atoms with Crippen molar-refractivity contribution in [3.8, 4) is 5.75 Å². The molecule has 0 aliphatic carbocycles. The second-order valence-electron chi connectivity index (χ2n) is 4.54. The molecule has 0 N–H and O–H groups in total. The number of hydrogen-bond donors (Lipinski definition) is 0. The maximum absolute atomic E-state index is 5.59. The van der Waals surface area contributed by atoms with Crippen LogP contribution >= 0.6 is 15.9 Å². The van der Waals surface area contributed by atoms with E-state index in [4.69, 9.17) is 9.47 Å². The molecule has 0 radical (unpaired) electrons. The highest BCUT2D eigenvalue weighted by atomic mass is 79.9. The number of nitrogens with zero attached hydrogens (tertiary/aromatic N) is 1. The van der Waals surface area contributed by atoms with Crippen molar-refractivity contribution in [2.24, 2.45) is 0 Å². The van der Waals surface area contributed by atoms with Gasteiger partial charge in [-0.3, -0.25) is 4.90 Å². The highest BCUT2D eigenvalue weighted by molar-refractivity contribution is 9.10. The highest BCUT2D eigenvalue weighted by Crippen LogP contribution is 2.30. The van der Waals surface area contributed by atoms with Gasteiger partial charge in [-0.25, -0.2) is 0 Å². The normalized spacial score (nSPS) is 20.3. The summed E-state index contributed by atoms with van der Waals surface area (Å²) < 4.78 is 12.1. The Bertz CT molecular complexity index is 397. The van der Waals surface area contributed by atoms with Crippen molar-refractivity contribution in [2.75, 3.05) is 26.8 Å². The second kappa shape index (κ2) is 6.55. The lowest BCUT2D eigenvalue weighted by Crippen LogP contribution is -2.22. The van der Waals surface area contributed by atoms with Gasteiger partial charge in [-0.1, -0.05) is 12.1 Å². The zero-order valence-electron chi connectivity index (χ0n) is 11.0. The first-order valence-corrected chi connectivity index (χ1v) is 7.19. The van der Waals surface area contributed by atoms with Crippen LogP contribution in [0.3, 0.4) is 0 Å². The van der Waals surface area contributed by atoms with Crippen molar-refractivity contribution >= 4 is 15.9 Å². The lowest BCUT2D eigenvalue weighted by molar-refractivity contribution is 0.107. The fraction of sp³-hybridized carbons (Fsp3) is 0.571. The quantitative estimate of drug-likeness (QED) is 0.834. The van der Waals surface area contributed by atoms with Crippen LogP contribution in [0.2, 0.25) is 0 Å². The molecule has 1 aliphatic rings. The van der Waals surface area contributed by atoms with Crippen molar-refractivity contribution in [3.63, 3.8) is 0 Å². The Balaban J connectivity index is 2.03. The third-order valence-corrected chi connectivity index (χ3v) is 4.20. The number of hydrogen-bond acceptors (Lipinski definition) is 3. The Morgan fingerprint density at radius 1 is 1.44 bits per heavy atom. The van der Waals surface area contributed by atoms with Gasteiger partial charge >= 0.3 is 0 Å². The van der Waals surface area contributed by atoms with Gasteiger partial charge in [0.1, 0.15) is 5.75 Å². The van der Waals surface area contributed by atoms with Gasteiger partial charge in [0.2, 0.25) is 0 Å². The second-order valence-corrected chi connectivity index (χ2v) is 5.34. The van der Waals surface area contributed by atoms with Crippen LogP contribution in [-0.2, 0) is 11.3 Å². The monoisotopic (exact) mass is 313 g/mol. The zero-order valence-corrected chi connectivity index (χ0v) is 12.6. The molecule has 18 heavy (non-hydrogen) atoms. The van der Waals surface area contributed by atoms with E-state index < -0.39 is 0 Å². The molecule has 0 spiro atoms. The Labute approximate surface area is 117 Å². The number of likely N-dealkylation sites (tertiary alicyclic amines) is 1. The van der Waals surface area contributed by atoms with Gasteiger partial charge in [0, 0.05) is 26.7 Å². The molecular formula is C14H20BrNO2. The molecule has 1 heterocycles. The average Bonchev–Trinajstić information content (AvgIpc) is 2.82. The first-order chi connectivity index (χ1) is 8.74. The molecule has 1 aromatic carbocycles. The predicted molar refractivity (Wildman–Crippen MR) is 76.0 cm³/mol. The van der Waals surface area contributed by atoms with Crippen LogP contribution in [0, 0.1) is 0 Å². The van der Waals surface area contributed by atoms with Gasteiger partial charge in [-0.05, 0) is 40.9 Å². The molecule has 0 aromatic heterocycles. The third kappa shape index (κ3) is 3.25. The number of halogens is 1. The lowest BCUT2D eigenvalue weighted by atomic mass is 10.2. The van der Waals surface area contributed by atoms with E-state index in [1.165, 1.54) is 5.56 Å². The van der Waals surface area contributed by atoms with Gasteiger partial charge in [0.05, 0.1) is 17.2 Å². The molecule has 0 bridgehead atoms. The van der Waals surface area contributed by atoms with Crippen LogP contribution in [0.1, 0.15) is 18.9 Å². The van der Waals surface area contributed by atoms with Gasteiger partial charge in [0.25, 0.3) is 0 Å². The summed E-state index contributed by atoms with van der Waals surface area (Å²) in [6, 6.07) is 6.20. The molecule has 2 rings (SSSR count). The maximum Gasteiger partial charge on any atom is 0.133 e. The van der Waals surface area contributed by atoms with E-state index in [-0.39, 0.29) is 0 Å². The molecule has 0 unspecified atom stereocenters. The van der Waals surface area contributed by atoms with E-state index in [0.717, 1.165) is 36.3 Å². The van der Waals surface area contributed by atoms with Crippen LogP contribution < -0.4 is 4.74 Å². The molecule has 1 fully saturated rings. The Kier molecular flexibility index (Phi) is 5.03. The van der Waals surface area contributed by atoms with Crippen LogP contribution in [0.25, 0.3) is 0 Å². The van der Waals surface area contributed by atoms with Gasteiger partial charge < -0.3 is 9.47 Å². The SMILES string of the molecule is CCOc1cccc(CN2CC[C@@H](OC)C2)c1Br. The minimum atomic E-state index is 0.388. The van der Waals surface area contributed by atoms with Crippen molar-refractivity contribution in [1.82, 2.24) is 4.90 Å². The first-order valence-electron chi connectivity index (χ1n) is 6.40. The van der Waals surface area contributed by atoms with Crippen molar-refractivity contribution < 1.29 is 9.47 Å². The standard InChI is InChI=1S/C14H20BrNO2/c1-3-18-13-6-4-5-11(14(13)15)9-16-8-7-12(10-16)17-2/h4-6,12H,3,7-10H2,1-2H3/t12-/m1/s1. The minimum Gasteiger partial charge on any atom is -0.493 e. The molecule has 4 heteroatoms. The molecule has 1 atom stereocenters. The summed E-state index contributed by atoms with van der Waals surface area (Å²) in [5, 5.41) is 0. The Hall–Kier alpha value is -0.580. The van der Waals surface area contributed by atoms with Crippen LogP contribution in [0.5, 0.6) is 5.75 Å². The first kappa shape index (κ1) is 13.8. The molecule has 100 valence electrons.